The van der Waals surface area contributed by atoms with Crippen molar-refractivity contribution < 1.29 is 19.4 Å². The lowest BCUT2D eigenvalue weighted by molar-refractivity contribution is -0.137. The van der Waals surface area contributed by atoms with Gasteiger partial charge in [-0.3, -0.25) is 4.79 Å². The fraction of sp³-hybridized carbons (Fsp3) is 0.846. The van der Waals surface area contributed by atoms with Crippen LogP contribution in [-0.2, 0) is 9.53 Å². The van der Waals surface area contributed by atoms with E-state index >= 15 is 0 Å². The summed E-state index contributed by atoms with van der Waals surface area (Å²) in [5.74, 6) is -0.834. The van der Waals surface area contributed by atoms with E-state index in [1.807, 2.05) is 0 Å². The summed E-state index contributed by atoms with van der Waals surface area (Å²) in [7, 11) is 1.66. The first kappa shape index (κ1) is 15.8. The summed E-state index contributed by atoms with van der Waals surface area (Å²) < 4.78 is 5.63. The number of carboxylic acid groups (broad SMARTS) is 1. The van der Waals surface area contributed by atoms with Crippen LogP contribution >= 0.6 is 0 Å². The lowest BCUT2D eigenvalue weighted by Gasteiger charge is -2.18. The monoisotopic (exact) mass is 272 g/mol. The quantitative estimate of drug-likeness (QED) is 0.655. The van der Waals surface area contributed by atoms with Gasteiger partial charge in [0.1, 0.15) is 0 Å². The summed E-state index contributed by atoms with van der Waals surface area (Å²) in [5.41, 5.74) is 0. The van der Waals surface area contributed by atoms with Gasteiger partial charge in [0.05, 0.1) is 12.7 Å². The van der Waals surface area contributed by atoms with E-state index in [1.54, 1.807) is 7.05 Å². The number of carbonyl (C=O) groups excluding carboxylic acids is 1. The van der Waals surface area contributed by atoms with Crippen molar-refractivity contribution in [2.24, 2.45) is 0 Å². The van der Waals surface area contributed by atoms with Crippen molar-refractivity contribution in [3.8, 4) is 0 Å². The topological polar surface area (TPSA) is 78.9 Å². The van der Waals surface area contributed by atoms with Gasteiger partial charge in [0.25, 0.3) is 0 Å². The maximum atomic E-state index is 11.6. The van der Waals surface area contributed by atoms with Gasteiger partial charge in [0.15, 0.2) is 0 Å². The molecule has 0 heterocycles. The van der Waals surface area contributed by atoms with Crippen LogP contribution in [0.3, 0.4) is 0 Å². The molecule has 0 saturated heterocycles. The van der Waals surface area contributed by atoms with Gasteiger partial charge in [-0.25, -0.2) is 4.79 Å². The van der Waals surface area contributed by atoms with Gasteiger partial charge in [-0.15, -0.1) is 0 Å². The molecule has 19 heavy (non-hydrogen) atoms. The number of rotatable bonds is 8. The van der Waals surface area contributed by atoms with Crippen LogP contribution in [0.15, 0.2) is 0 Å². The molecule has 6 heteroatoms. The van der Waals surface area contributed by atoms with E-state index in [2.05, 4.69) is 5.32 Å². The van der Waals surface area contributed by atoms with E-state index in [4.69, 9.17) is 9.84 Å². The highest BCUT2D eigenvalue weighted by molar-refractivity contribution is 5.73. The summed E-state index contributed by atoms with van der Waals surface area (Å²) in [6, 6.07) is -0.180. The normalized spacial score (nSPS) is 15.4. The molecule has 0 aliphatic heterocycles. The number of aliphatic carboxylic acids is 1. The predicted molar refractivity (Wildman–Crippen MR) is 71.1 cm³/mol. The summed E-state index contributed by atoms with van der Waals surface area (Å²) >= 11 is 0. The van der Waals surface area contributed by atoms with Gasteiger partial charge in [-0.1, -0.05) is 12.8 Å². The van der Waals surface area contributed by atoms with Crippen LogP contribution < -0.4 is 5.32 Å². The maximum Gasteiger partial charge on any atom is 0.317 e. The lowest BCUT2D eigenvalue weighted by atomic mass is 10.3. The van der Waals surface area contributed by atoms with E-state index in [1.165, 1.54) is 17.7 Å². The molecule has 0 aromatic heterocycles. The van der Waals surface area contributed by atoms with Gasteiger partial charge in [-0.2, -0.15) is 0 Å². The first-order chi connectivity index (χ1) is 9.09. The van der Waals surface area contributed by atoms with E-state index in [0.717, 1.165) is 12.8 Å². The molecule has 0 aromatic rings. The van der Waals surface area contributed by atoms with Crippen molar-refractivity contribution in [1.29, 1.82) is 0 Å². The molecule has 0 radical (unpaired) electrons. The SMILES string of the molecule is CN(CCCC(=O)O)C(=O)NCCOC1CCCC1. The minimum atomic E-state index is -0.834. The van der Waals surface area contributed by atoms with Crippen molar-refractivity contribution in [2.75, 3.05) is 26.7 Å². The standard InChI is InChI=1S/C13H24N2O4/c1-15(9-4-7-12(16)17)13(18)14-8-10-19-11-5-2-3-6-11/h11H,2-10H2,1H3,(H,14,18)(H,16,17). The summed E-state index contributed by atoms with van der Waals surface area (Å²) in [6.07, 6.45) is 5.66. The summed E-state index contributed by atoms with van der Waals surface area (Å²) in [6.45, 7) is 1.49. The Morgan fingerprint density at radius 3 is 2.68 bits per heavy atom. The zero-order valence-electron chi connectivity index (χ0n) is 11.6. The van der Waals surface area contributed by atoms with E-state index < -0.39 is 5.97 Å². The summed E-state index contributed by atoms with van der Waals surface area (Å²) in [5, 5.41) is 11.3. The molecule has 0 bridgehead atoms. The van der Waals surface area contributed by atoms with Crippen molar-refractivity contribution in [3.05, 3.63) is 0 Å². The molecule has 0 atom stereocenters. The molecule has 2 amide bonds. The molecular formula is C13H24N2O4. The number of carboxylic acids is 1. The molecule has 1 saturated carbocycles. The molecule has 1 rings (SSSR count). The Balaban J connectivity index is 2.00. The molecule has 2 N–H and O–H groups in total. The van der Waals surface area contributed by atoms with Gasteiger partial charge in [0.2, 0.25) is 0 Å². The average Bonchev–Trinajstić information content (AvgIpc) is 2.86. The Labute approximate surface area is 114 Å². The highest BCUT2D eigenvalue weighted by Crippen LogP contribution is 2.20. The minimum absolute atomic E-state index is 0.0857. The van der Waals surface area contributed by atoms with E-state index in [0.29, 0.717) is 32.2 Å². The van der Waals surface area contributed by atoms with E-state index in [9.17, 15) is 9.59 Å². The highest BCUT2D eigenvalue weighted by atomic mass is 16.5. The van der Waals surface area contributed by atoms with Gasteiger partial charge in [0, 0.05) is 26.6 Å². The van der Waals surface area contributed by atoms with Crippen LogP contribution in [0.5, 0.6) is 0 Å². The number of carbonyl (C=O) groups is 2. The third-order valence-corrected chi connectivity index (χ3v) is 3.26. The number of nitrogens with zero attached hydrogens (tertiary/aromatic N) is 1. The van der Waals surface area contributed by atoms with Crippen LogP contribution in [-0.4, -0.2) is 54.9 Å². The number of urea groups is 1. The predicted octanol–water partition coefficient (Wildman–Crippen LogP) is 1.45. The lowest BCUT2D eigenvalue weighted by Crippen LogP contribution is -2.39. The molecule has 0 spiro atoms. The maximum absolute atomic E-state index is 11.6. The van der Waals surface area contributed by atoms with Crippen LogP contribution in [0.25, 0.3) is 0 Å². The van der Waals surface area contributed by atoms with Gasteiger partial charge < -0.3 is 20.1 Å². The Morgan fingerprint density at radius 1 is 1.37 bits per heavy atom. The van der Waals surface area contributed by atoms with Gasteiger partial charge in [-0.05, 0) is 19.3 Å². The second-order valence-electron chi connectivity index (χ2n) is 4.93. The minimum Gasteiger partial charge on any atom is -0.481 e. The number of nitrogens with one attached hydrogen (secondary N) is 1. The molecule has 0 aromatic carbocycles. The number of ether oxygens (including phenoxy) is 1. The highest BCUT2D eigenvalue weighted by Gasteiger charge is 2.15. The molecule has 1 aliphatic carbocycles. The third-order valence-electron chi connectivity index (χ3n) is 3.26. The average molecular weight is 272 g/mol. The molecular weight excluding hydrogens is 248 g/mol. The van der Waals surface area contributed by atoms with Gasteiger partial charge >= 0.3 is 12.0 Å². The molecule has 1 aliphatic rings. The van der Waals surface area contributed by atoms with Crippen LogP contribution in [0, 0.1) is 0 Å². The fourth-order valence-corrected chi connectivity index (χ4v) is 2.14. The molecule has 0 unspecified atom stereocenters. The Kier molecular flexibility index (Phi) is 7.25. The Bertz CT molecular complexity index is 290. The Hall–Kier alpha value is -1.30. The first-order valence-electron chi connectivity index (χ1n) is 6.92. The van der Waals surface area contributed by atoms with Crippen molar-refractivity contribution in [3.63, 3.8) is 0 Å². The smallest absolute Gasteiger partial charge is 0.317 e. The first-order valence-corrected chi connectivity index (χ1v) is 6.92. The molecule has 1 fully saturated rings. The second kappa shape index (κ2) is 8.74. The fourth-order valence-electron chi connectivity index (χ4n) is 2.14. The molecule has 6 nitrogen and oxygen atoms in total. The van der Waals surface area contributed by atoms with Crippen LogP contribution in [0.1, 0.15) is 38.5 Å². The zero-order valence-corrected chi connectivity index (χ0v) is 11.6. The number of hydrogen-bond donors (Lipinski definition) is 2. The molecule has 110 valence electrons. The zero-order chi connectivity index (χ0) is 14.1. The third kappa shape index (κ3) is 7.00. The summed E-state index contributed by atoms with van der Waals surface area (Å²) in [4.78, 5) is 23.5. The van der Waals surface area contributed by atoms with Crippen molar-refractivity contribution in [2.45, 2.75) is 44.6 Å². The van der Waals surface area contributed by atoms with E-state index in [-0.39, 0.29) is 12.5 Å². The number of amides is 2. The second-order valence-corrected chi connectivity index (χ2v) is 4.93. The van der Waals surface area contributed by atoms with Crippen molar-refractivity contribution >= 4 is 12.0 Å². The largest absolute Gasteiger partial charge is 0.481 e. The van der Waals surface area contributed by atoms with Crippen LogP contribution in [0.4, 0.5) is 4.79 Å². The van der Waals surface area contributed by atoms with Crippen LogP contribution in [0.2, 0.25) is 0 Å². The number of hydrogen-bond acceptors (Lipinski definition) is 3. The van der Waals surface area contributed by atoms with Crippen molar-refractivity contribution in [1.82, 2.24) is 10.2 Å². The Morgan fingerprint density at radius 2 is 2.05 bits per heavy atom.